The third-order valence-corrected chi connectivity index (χ3v) is 10.2. The number of hydrogen-bond acceptors (Lipinski definition) is 1. The molecule has 2 rings (SSSR count). The molecular weight excluding hydrogens is 513 g/mol. The number of likely N-dealkylation sites (N-methyl/N-ethyl adjacent to an activating group) is 1. The number of carbonyl (C=O) groups excluding carboxylic acids is 1. The van der Waals surface area contributed by atoms with Gasteiger partial charge in [-0.1, -0.05) is 201 Å². The van der Waals surface area contributed by atoms with Crippen LogP contribution in [0, 0.1) is 0 Å². The van der Waals surface area contributed by atoms with Gasteiger partial charge in [-0.05, 0) is 11.1 Å². The summed E-state index contributed by atoms with van der Waals surface area (Å²) in [5.74, 6) is -0.116. The molecule has 230 valence electrons. The summed E-state index contributed by atoms with van der Waals surface area (Å²) >= 11 is 0.310. The average Bonchev–Trinajstić information content (AvgIpc) is 3.00. The number of hydrogen-bond donors (Lipinski definition) is 0. The Morgan fingerprint density at radius 1 is 0.537 bits per heavy atom. The molecule has 0 heterocycles. The van der Waals surface area contributed by atoms with Crippen LogP contribution in [0.25, 0.3) is 0 Å². The molecule has 2 aromatic rings. The maximum Gasteiger partial charge on any atom is 0.236 e. The van der Waals surface area contributed by atoms with Crippen molar-refractivity contribution in [2.24, 2.45) is 0 Å². The van der Waals surface area contributed by atoms with Crippen LogP contribution in [0.2, 0.25) is 10.6 Å². The molecule has 3 heteroatoms. The molecule has 0 atom stereocenters. The zero-order chi connectivity index (χ0) is 29.8. The second-order valence-electron chi connectivity index (χ2n) is 12.2. The molecule has 0 aromatic heterocycles. The summed E-state index contributed by atoms with van der Waals surface area (Å²) in [6.45, 7) is 4.61. The summed E-state index contributed by atoms with van der Waals surface area (Å²) < 4.78 is 0. The van der Waals surface area contributed by atoms with Gasteiger partial charge in [0.2, 0.25) is 21.1 Å². The van der Waals surface area contributed by atoms with Gasteiger partial charge in [0.15, 0.2) is 0 Å². The van der Waals surface area contributed by atoms with Gasteiger partial charge in [0.25, 0.3) is 0 Å². The second-order valence-corrected chi connectivity index (χ2v) is 14.3. The highest BCUT2D eigenvalue weighted by atomic mass is 27.1. The Morgan fingerprint density at radius 2 is 0.854 bits per heavy atom. The number of rotatable bonds is 23. The smallest absolute Gasteiger partial charge is 0.236 e. The molecule has 41 heavy (non-hydrogen) atoms. The minimum Gasteiger partial charge on any atom is -0.348 e. The van der Waals surface area contributed by atoms with Gasteiger partial charge in [-0.3, -0.25) is 4.79 Å². The lowest BCUT2D eigenvalue weighted by Gasteiger charge is -2.21. The maximum atomic E-state index is 12.4. The molecule has 1 amide bonds. The van der Waals surface area contributed by atoms with E-state index in [4.69, 9.17) is 0 Å². The molecule has 0 N–H and O–H groups in total. The van der Waals surface area contributed by atoms with E-state index in [1.54, 1.807) is 42.4 Å². The van der Waals surface area contributed by atoms with Gasteiger partial charge in [0.1, 0.15) is 0 Å². The van der Waals surface area contributed by atoms with E-state index in [9.17, 15) is 4.79 Å². The average molecular weight is 578 g/mol. The van der Waals surface area contributed by atoms with Crippen molar-refractivity contribution in [1.82, 2.24) is 4.90 Å². The molecule has 0 spiro atoms. The lowest BCUT2D eigenvalue weighted by atomic mass is 9.90. The van der Waals surface area contributed by atoms with E-state index in [0.29, 0.717) is 15.2 Å². The summed E-state index contributed by atoms with van der Waals surface area (Å²) in [5.41, 5.74) is 2.06. The first-order valence-corrected chi connectivity index (χ1v) is 19.4. The van der Waals surface area contributed by atoms with Crippen molar-refractivity contribution in [2.75, 3.05) is 14.1 Å². The van der Waals surface area contributed by atoms with Crippen LogP contribution in [-0.4, -0.2) is 40.1 Å². The van der Waals surface area contributed by atoms with Gasteiger partial charge in [-0.25, -0.2) is 0 Å². The number of amides is 1. The molecule has 0 radical (unpaired) electrons. The molecule has 0 saturated carbocycles. The van der Waals surface area contributed by atoms with Crippen molar-refractivity contribution in [2.45, 2.75) is 146 Å². The highest BCUT2D eigenvalue weighted by Gasteiger charge is 2.23. The summed E-state index contributed by atoms with van der Waals surface area (Å²) in [4.78, 5) is 14.0. The molecule has 0 saturated heterocycles. The molecule has 2 aromatic carbocycles. The monoisotopic (exact) mass is 577 g/mol. The van der Waals surface area contributed by atoms with E-state index in [1.165, 1.54) is 103 Å². The van der Waals surface area contributed by atoms with Crippen LogP contribution >= 0.6 is 0 Å². The van der Waals surface area contributed by atoms with E-state index in [0.717, 1.165) is 11.1 Å². The van der Waals surface area contributed by atoms with Crippen molar-refractivity contribution in [1.29, 1.82) is 0 Å². The first kappa shape index (κ1) is 37.5. The van der Waals surface area contributed by atoms with E-state index in [-0.39, 0.29) is 11.8 Å². The second kappa shape index (κ2) is 27.3. The fraction of sp³-hybridized carbons (Fsp3) is 0.658. The fourth-order valence-corrected chi connectivity index (χ4v) is 7.30. The van der Waals surface area contributed by atoms with Crippen LogP contribution in [0.5, 0.6) is 0 Å². The number of carbonyl (C=O) groups is 1. The Kier molecular flexibility index (Phi) is 24.9. The van der Waals surface area contributed by atoms with Gasteiger partial charge in [0.05, 0.1) is 5.92 Å². The molecule has 0 bridgehead atoms. The Labute approximate surface area is 261 Å². The van der Waals surface area contributed by atoms with Gasteiger partial charge in [-0.2, -0.15) is 0 Å². The molecule has 0 fully saturated rings. The predicted molar refractivity (Wildman–Crippen MR) is 185 cm³/mol. The van der Waals surface area contributed by atoms with Crippen LogP contribution in [0.4, 0.5) is 0 Å². The summed E-state index contributed by atoms with van der Waals surface area (Å²) in [5, 5.41) is 3.26. The quantitative estimate of drug-likeness (QED) is 0.0950. The van der Waals surface area contributed by atoms with Crippen molar-refractivity contribution in [3.63, 3.8) is 0 Å². The summed E-state index contributed by atoms with van der Waals surface area (Å²) in [6, 6.07) is 19.8. The van der Waals surface area contributed by atoms with Crippen LogP contribution in [0.1, 0.15) is 146 Å². The summed E-state index contributed by atoms with van der Waals surface area (Å²) in [6.07, 6.45) is 26.8. The molecule has 2 nitrogen and oxygen atoms in total. The lowest BCUT2D eigenvalue weighted by molar-refractivity contribution is -0.129. The number of benzene rings is 2. The molecule has 0 aliphatic heterocycles. The van der Waals surface area contributed by atoms with Crippen molar-refractivity contribution in [3.8, 4) is 0 Å². The fourth-order valence-electron chi connectivity index (χ4n) is 5.53. The zero-order valence-electron chi connectivity index (χ0n) is 27.6. The standard InChI is InChI=1S/C16H17NO.2C11H23.Al.H/c1-17(2)16(18)15(13-9-5-3-6-10-13)14-11-7-4-8-12-14;2*1-3-5-7-9-11-10-8-6-4-2;;/h3-12,15H,1-2H3;2*1,3-11H2,2H3;;. The number of unbranched alkanes of at least 4 members (excludes halogenated alkanes) is 16. The highest BCUT2D eigenvalue weighted by molar-refractivity contribution is 6.35. The summed E-state index contributed by atoms with van der Waals surface area (Å²) in [7, 11) is 3.59. The van der Waals surface area contributed by atoms with Crippen LogP contribution in [-0.2, 0) is 4.79 Å². The SMILES string of the molecule is CCCCCCCCCC[CH2][AlH][CH2]CCCCCCCCCC.CN(C)C(=O)C(c1ccccc1)c1ccccc1. The third kappa shape index (κ3) is 20.1. The Balaban J connectivity index is 0.000000420. The number of nitrogens with zero attached hydrogens (tertiary/aromatic N) is 1. The van der Waals surface area contributed by atoms with Crippen molar-refractivity contribution in [3.05, 3.63) is 71.8 Å². The van der Waals surface area contributed by atoms with Crippen molar-refractivity contribution >= 4 is 21.1 Å². The van der Waals surface area contributed by atoms with E-state index < -0.39 is 0 Å². The zero-order valence-corrected chi connectivity index (χ0v) is 29.0. The molecule has 0 unspecified atom stereocenters. The Hall–Kier alpha value is -1.56. The Bertz CT molecular complexity index is 763. The molecule has 0 aliphatic carbocycles. The van der Waals surface area contributed by atoms with Crippen molar-refractivity contribution < 1.29 is 4.79 Å². The topological polar surface area (TPSA) is 20.3 Å². The molecule has 0 aliphatic rings. The minimum absolute atomic E-state index is 0.104. The van der Waals surface area contributed by atoms with Gasteiger partial charge < -0.3 is 4.90 Å². The first-order valence-electron chi connectivity index (χ1n) is 17.4. The largest absolute Gasteiger partial charge is 0.348 e. The molecular formula is C38H64AlNO. The highest BCUT2D eigenvalue weighted by Crippen LogP contribution is 2.26. The van der Waals surface area contributed by atoms with Gasteiger partial charge >= 0.3 is 0 Å². The first-order chi connectivity index (χ1) is 20.1. The van der Waals surface area contributed by atoms with E-state index in [1.807, 2.05) is 60.7 Å². The Morgan fingerprint density at radius 3 is 1.17 bits per heavy atom. The van der Waals surface area contributed by atoms with E-state index in [2.05, 4.69) is 13.8 Å². The van der Waals surface area contributed by atoms with E-state index >= 15 is 0 Å². The maximum absolute atomic E-state index is 12.4. The third-order valence-electron chi connectivity index (χ3n) is 8.16. The minimum atomic E-state index is -0.220. The van der Waals surface area contributed by atoms with Crippen LogP contribution in [0.3, 0.4) is 0 Å². The lowest BCUT2D eigenvalue weighted by Crippen LogP contribution is -2.28. The van der Waals surface area contributed by atoms with Crippen LogP contribution in [0.15, 0.2) is 60.7 Å². The van der Waals surface area contributed by atoms with Crippen LogP contribution < -0.4 is 0 Å². The van der Waals surface area contributed by atoms with Gasteiger partial charge in [0, 0.05) is 14.1 Å². The predicted octanol–water partition coefficient (Wildman–Crippen LogP) is 11.2. The van der Waals surface area contributed by atoms with Gasteiger partial charge in [-0.15, -0.1) is 0 Å². The normalized spacial score (nSPS) is 10.8.